The lowest BCUT2D eigenvalue weighted by molar-refractivity contribution is -0.116. The summed E-state index contributed by atoms with van der Waals surface area (Å²) < 4.78 is 0. The predicted octanol–water partition coefficient (Wildman–Crippen LogP) is 1.71. The van der Waals surface area contributed by atoms with Gasteiger partial charge < -0.3 is 10.8 Å². The summed E-state index contributed by atoms with van der Waals surface area (Å²) in [5.74, 6) is -0.390. The Balaban J connectivity index is 2.50. The molecule has 0 heterocycles. The van der Waals surface area contributed by atoms with Gasteiger partial charge in [-0.15, -0.1) is 0 Å². The maximum atomic E-state index is 10.9. The molecule has 2 aromatic rings. The number of primary amides is 1. The molecule has 4 nitrogen and oxygen atoms in total. The van der Waals surface area contributed by atoms with E-state index in [0.717, 1.165) is 5.56 Å². The van der Waals surface area contributed by atoms with Gasteiger partial charge in [-0.05, 0) is 12.1 Å². The van der Waals surface area contributed by atoms with Gasteiger partial charge >= 0.3 is 0 Å². The van der Waals surface area contributed by atoms with Gasteiger partial charge in [-0.25, -0.2) is 0 Å². The number of para-hydroxylation sites is 1. The number of amides is 1. The molecule has 0 saturated carbocycles. The monoisotopic (exact) mass is 254 g/mol. The van der Waals surface area contributed by atoms with Crippen molar-refractivity contribution in [3.63, 3.8) is 0 Å². The third kappa shape index (κ3) is 3.19. The molecule has 0 atom stereocenters. The zero-order valence-electron chi connectivity index (χ0n) is 10.3. The number of rotatable bonds is 4. The number of phenolic OH excluding ortho intramolecular Hbond substituents is 1. The van der Waals surface area contributed by atoms with Crippen LogP contribution in [0.15, 0.2) is 59.6 Å². The van der Waals surface area contributed by atoms with Crippen molar-refractivity contribution in [1.82, 2.24) is 0 Å². The average Bonchev–Trinajstić information content (AvgIpc) is 2.42. The molecule has 0 fully saturated rings. The van der Waals surface area contributed by atoms with Crippen LogP contribution in [0, 0.1) is 0 Å². The van der Waals surface area contributed by atoms with Crippen LogP contribution in [0.25, 0.3) is 0 Å². The summed E-state index contributed by atoms with van der Waals surface area (Å²) >= 11 is 0. The van der Waals surface area contributed by atoms with Gasteiger partial charge in [-0.1, -0.05) is 42.5 Å². The summed E-state index contributed by atoms with van der Waals surface area (Å²) in [6.45, 7) is -0.113. The van der Waals surface area contributed by atoms with Crippen LogP contribution in [0.4, 0.5) is 0 Å². The first-order chi connectivity index (χ1) is 9.18. The minimum absolute atomic E-state index is 0.113. The van der Waals surface area contributed by atoms with E-state index in [1.54, 1.807) is 24.3 Å². The summed E-state index contributed by atoms with van der Waals surface area (Å²) in [7, 11) is 0. The molecule has 0 radical (unpaired) electrons. The Kier molecular flexibility index (Phi) is 3.93. The van der Waals surface area contributed by atoms with Crippen molar-refractivity contribution in [2.24, 2.45) is 10.7 Å². The topological polar surface area (TPSA) is 75.7 Å². The average molecular weight is 254 g/mol. The second-order valence-electron chi connectivity index (χ2n) is 4.01. The summed E-state index contributed by atoms with van der Waals surface area (Å²) in [5, 5.41) is 9.91. The lowest BCUT2D eigenvalue weighted by atomic mass is 10.0. The molecule has 0 aliphatic carbocycles. The van der Waals surface area contributed by atoms with E-state index in [1.807, 2.05) is 30.3 Å². The molecule has 0 saturated heterocycles. The molecule has 96 valence electrons. The van der Waals surface area contributed by atoms with Crippen molar-refractivity contribution < 1.29 is 9.90 Å². The van der Waals surface area contributed by atoms with Gasteiger partial charge in [0.2, 0.25) is 5.91 Å². The number of carbonyl (C=O) groups is 1. The third-order valence-electron chi connectivity index (χ3n) is 2.60. The number of nitrogens with zero attached hydrogens (tertiary/aromatic N) is 1. The smallest absolute Gasteiger partial charge is 0.239 e. The Morgan fingerprint density at radius 2 is 1.68 bits per heavy atom. The number of benzene rings is 2. The van der Waals surface area contributed by atoms with Crippen molar-refractivity contribution >= 4 is 11.6 Å². The second kappa shape index (κ2) is 5.82. The van der Waals surface area contributed by atoms with Gasteiger partial charge in [-0.3, -0.25) is 9.79 Å². The lowest BCUT2D eigenvalue weighted by Gasteiger charge is -2.08. The number of nitrogens with two attached hydrogens (primary N) is 1. The number of aromatic hydroxyl groups is 1. The van der Waals surface area contributed by atoms with E-state index in [2.05, 4.69) is 4.99 Å². The van der Waals surface area contributed by atoms with E-state index < -0.39 is 5.91 Å². The van der Waals surface area contributed by atoms with Crippen LogP contribution in [-0.2, 0) is 4.79 Å². The molecule has 2 aromatic carbocycles. The fourth-order valence-corrected chi connectivity index (χ4v) is 1.76. The SMILES string of the molecule is NC(=O)CN=C(c1ccccc1)c1ccccc1O. The molecular formula is C15H14N2O2. The van der Waals surface area contributed by atoms with Crippen LogP contribution >= 0.6 is 0 Å². The molecule has 4 heteroatoms. The Hall–Kier alpha value is -2.62. The minimum Gasteiger partial charge on any atom is -0.507 e. The third-order valence-corrected chi connectivity index (χ3v) is 2.60. The molecular weight excluding hydrogens is 240 g/mol. The van der Waals surface area contributed by atoms with Gasteiger partial charge in [0.05, 0.1) is 5.71 Å². The summed E-state index contributed by atoms with van der Waals surface area (Å²) in [6, 6.07) is 16.2. The van der Waals surface area contributed by atoms with E-state index in [9.17, 15) is 9.90 Å². The fourth-order valence-electron chi connectivity index (χ4n) is 1.76. The largest absolute Gasteiger partial charge is 0.507 e. The highest BCUT2D eigenvalue weighted by Crippen LogP contribution is 2.20. The Morgan fingerprint density at radius 1 is 1.05 bits per heavy atom. The van der Waals surface area contributed by atoms with Crippen molar-refractivity contribution in [3.8, 4) is 5.75 Å². The maximum absolute atomic E-state index is 10.9. The van der Waals surface area contributed by atoms with Gasteiger partial charge in [0.1, 0.15) is 12.3 Å². The molecule has 0 aliphatic rings. The van der Waals surface area contributed by atoms with Crippen molar-refractivity contribution in [1.29, 1.82) is 0 Å². The normalized spacial score (nSPS) is 11.3. The number of phenols is 1. The van der Waals surface area contributed by atoms with Crippen LogP contribution in [-0.4, -0.2) is 23.3 Å². The molecule has 1 amide bonds. The number of aliphatic imine (C=N–C) groups is 1. The predicted molar refractivity (Wildman–Crippen MR) is 74.2 cm³/mol. The summed E-state index contributed by atoms with van der Waals surface area (Å²) in [5.41, 5.74) is 7.08. The summed E-state index contributed by atoms with van der Waals surface area (Å²) in [4.78, 5) is 15.1. The molecule has 0 bridgehead atoms. The van der Waals surface area contributed by atoms with Crippen molar-refractivity contribution in [2.45, 2.75) is 0 Å². The first-order valence-corrected chi connectivity index (χ1v) is 5.85. The highest BCUT2D eigenvalue weighted by atomic mass is 16.3. The quantitative estimate of drug-likeness (QED) is 0.815. The maximum Gasteiger partial charge on any atom is 0.239 e. The van der Waals surface area contributed by atoms with Crippen molar-refractivity contribution in [2.75, 3.05) is 6.54 Å². The van der Waals surface area contributed by atoms with Crippen LogP contribution in [0.2, 0.25) is 0 Å². The number of carbonyl (C=O) groups excluding carboxylic acids is 1. The second-order valence-corrected chi connectivity index (χ2v) is 4.01. The van der Waals surface area contributed by atoms with E-state index in [0.29, 0.717) is 11.3 Å². The Labute approximate surface area is 111 Å². The molecule has 3 N–H and O–H groups in total. The van der Waals surface area contributed by atoms with Gasteiger partial charge in [-0.2, -0.15) is 0 Å². The highest BCUT2D eigenvalue weighted by Gasteiger charge is 2.10. The molecule has 0 spiro atoms. The van der Waals surface area contributed by atoms with E-state index >= 15 is 0 Å². The first-order valence-electron chi connectivity index (χ1n) is 5.85. The Bertz CT molecular complexity index is 607. The van der Waals surface area contributed by atoms with Crippen LogP contribution < -0.4 is 5.73 Å². The molecule has 19 heavy (non-hydrogen) atoms. The van der Waals surface area contributed by atoms with Gasteiger partial charge in [0.15, 0.2) is 0 Å². The Morgan fingerprint density at radius 3 is 2.32 bits per heavy atom. The van der Waals surface area contributed by atoms with E-state index in [-0.39, 0.29) is 12.3 Å². The standard InChI is InChI=1S/C15H14N2O2/c16-14(19)10-17-15(11-6-2-1-3-7-11)12-8-4-5-9-13(12)18/h1-9,18H,10H2,(H2,16,19). The first kappa shape index (κ1) is 12.8. The molecule has 0 aromatic heterocycles. The molecule has 0 aliphatic heterocycles. The summed E-state index contributed by atoms with van der Waals surface area (Å²) in [6.07, 6.45) is 0. The van der Waals surface area contributed by atoms with Crippen LogP contribution in [0.3, 0.4) is 0 Å². The zero-order chi connectivity index (χ0) is 13.7. The van der Waals surface area contributed by atoms with Crippen molar-refractivity contribution in [3.05, 3.63) is 65.7 Å². The van der Waals surface area contributed by atoms with E-state index in [1.165, 1.54) is 0 Å². The number of hydrogen-bond acceptors (Lipinski definition) is 3. The molecule has 2 rings (SSSR count). The lowest BCUT2D eigenvalue weighted by Crippen LogP contribution is -2.16. The van der Waals surface area contributed by atoms with Gasteiger partial charge in [0.25, 0.3) is 0 Å². The van der Waals surface area contributed by atoms with Crippen LogP contribution in [0.5, 0.6) is 5.75 Å². The number of hydrogen-bond donors (Lipinski definition) is 2. The fraction of sp³-hybridized carbons (Fsp3) is 0.0667. The van der Waals surface area contributed by atoms with Crippen LogP contribution in [0.1, 0.15) is 11.1 Å². The van der Waals surface area contributed by atoms with E-state index in [4.69, 9.17) is 5.73 Å². The highest BCUT2D eigenvalue weighted by molar-refractivity contribution is 6.14. The minimum atomic E-state index is -0.510. The van der Waals surface area contributed by atoms with Gasteiger partial charge in [0, 0.05) is 11.1 Å². The zero-order valence-corrected chi connectivity index (χ0v) is 10.3. The molecule has 0 unspecified atom stereocenters.